The largest absolute Gasteiger partial charge is 0.494 e. The van der Waals surface area contributed by atoms with Crippen molar-refractivity contribution in [3.8, 4) is 5.75 Å². The van der Waals surface area contributed by atoms with Crippen molar-refractivity contribution in [2.45, 2.75) is 93.4 Å². The molecule has 5 nitrogen and oxygen atoms in total. The molecule has 1 unspecified atom stereocenters. The standard InChI is InChI=1S/C28H44O4.C4H8F2O/c1-22(2)28(6,7)21-25(27(3,4)5)26(30)32-20-11-9-8-10-19-31-24-16-14-23(15-17-24)13-12-18-29;1-4(5,6)3-7-2/h12-18,22,25H,8-11,19-21H2,1-7H3;3H2,1-2H3/b13-12+;. The minimum atomic E-state index is -2.67. The van der Waals surface area contributed by atoms with Crippen molar-refractivity contribution in [2.24, 2.45) is 22.7 Å². The molecule has 0 radical (unpaired) electrons. The summed E-state index contributed by atoms with van der Waals surface area (Å²) in [5.41, 5.74) is 0.966. The van der Waals surface area contributed by atoms with Crippen LogP contribution >= 0.6 is 0 Å². The Hall–Kier alpha value is -2.28. The van der Waals surface area contributed by atoms with Crippen LogP contribution in [0.2, 0.25) is 0 Å². The number of rotatable bonds is 16. The maximum atomic E-state index is 12.8. The molecule has 0 amide bonds. The summed E-state index contributed by atoms with van der Waals surface area (Å²) < 4.78 is 38.8. The summed E-state index contributed by atoms with van der Waals surface area (Å²) in [5, 5.41) is 0. The topological polar surface area (TPSA) is 61.8 Å². The predicted molar refractivity (Wildman–Crippen MR) is 155 cm³/mol. The van der Waals surface area contributed by atoms with E-state index in [1.54, 1.807) is 6.08 Å². The number of esters is 1. The van der Waals surface area contributed by atoms with Crippen LogP contribution < -0.4 is 4.74 Å². The van der Waals surface area contributed by atoms with Gasteiger partial charge in [-0.15, -0.1) is 0 Å². The molecule has 0 fully saturated rings. The predicted octanol–water partition coefficient (Wildman–Crippen LogP) is 8.40. The van der Waals surface area contributed by atoms with E-state index in [-0.39, 0.29) is 22.7 Å². The summed E-state index contributed by atoms with van der Waals surface area (Å²) in [4.78, 5) is 23.2. The Labute approximate surface area is 235 Å². The Kier molecular flexibility index (Phi) is 17.1. The number of carbonyl (C=O) groups excluding carboxylic acids is 2. The van der Waals surface area contributed by atoms with Crippen molar-refractivity contribution in [1.29, 1.82) is 0 Å². The van der Waals surface area contributed by atoms with Crippen molar-refractivity contribution in [3.63, 3.8) is 0 Å². The van der Waals surface area contributed by atoms with E-state index < -0.39 is 12.5 Å². The van der Waals surface area contributed by atoms with E-state index in [1.165, 1.54) is 13.2 Å². The lowest BCUT2D eigenvalue weighted by Crippen LogP contribution is -2.36. The molecular weight excluding hydrogens is 502 g/mol. The van der Waals surface area contributed by atoms with Gasteiger partial charge >= 0.3 is 5.97 Å². The van der Waals surface area contributed by atoms with Gasteiger partial charge in [0.05, 0.1) is 19.1 Å². The molecule has 0 saturated heterocycles. The van der Waals surface area contributed by atoms with Gasteiger partial charge in [0.15, 0.2) is 0 Å². The monoisotopic (exact) mass is 554 g/mol. The summed E-state index contributed by atoms with van der Waals surface area (Å²) in [6, 6.07) is 7.68. The Morgan fingerprint density at radius 3 is 1.92 bits per heavy atom. The van der Waals surface area contributed by atoms with E-state index in [0.717, 1.165) is 56.6 Å². The van der Waals surface area contributed by atoms with E-state index in [2.05, 4.69) is 53.2 Å². The molecule has 0 saturated carbocycles. The number of ether oxygens (including phenoxy) is 3. The average molecular weight is 555 g/mol. The highest BCUT2D eigenvalue weighted by Gasteiger charge is 2.38. The van der Waals surface area contributed by atoms with Gasteiger partial charge in [-0.25, -0.2) is 8.78 Å². The second-order valence-corrected chi connectivity index (χ2v) is 12.3. The first kappa shape index (κ1) is 36.7. The molecule has 1 rings (SSSR count). The van der Waals surface area contributed by atoms with Crippen LogP contribution in [-0.4, -0.2) is 45.1 Å². The summed E-state index contributed by atoms with van der Waals surface area (Å²) in [5.74, 6) is -1.47. The molecule has 0 aliphatic carbocycles. The SMILES string of the molecule is CC(C)C(C)(C)CC(C(=O)OCCCCCCOc1ccc(/C=C/C=O)cc1)C(C)(C)C.COCC(C)(F)F. The highest BCUT2D eigenvalue weighted by molar-refractivity contribution is 5.74. The molecule has 7 heteroatoms. The third-order valence-electron chi connectivity index (χ3n) is 6.82. The molecule has 0 aliphatic heterocycles. The van der Waals surface area contributed by atoms with E-state index >= 15 is 0 Å². The molecule has 0 N–H and O–H groups in total. The van der Waals surface area contributed by atoms with E-state index in [9.17, 15) is 18.4 Å². The number of allylic oxidation sites excluding steroid dienone is 1. The fraction of sp³-hybridized carbons (Fsp3) is 0.688. The van der Waals surface area contributed by atoms with E-state index in [1.807, 2.05) is 24.3 Å². The van der Waals surface area contributed by atoms with Crippen molar-refractivity contribution in [1.82, 2.24) is 0 Å². The van der Waals surface area contributed by atoms with Crippen LogP contribution in [0.1, 0.15) is 93.1 Å². The van der Waals surface area contributed by atoms with Crippen molar-refractivity contribution in [3.05, 3.63) is 35.9 Å². The van der Waals surface area contributed by atoms with Gasteiger partial charge in [0.1, 0.15) is 18.6 Å². The Morgan fingerprint density at radius 1 is 0.923 bits per heavy atom. The molecule has 0 spiro atoms. The molecule has 0 heterocycles. The van der Waals surface area contributed by atoms with Gasteiger partial charge in [-0.2, -0.15) is 0 Å². The van der Waals surface area contributed by atoms with Gasteiger partial charge in [0.2, 0.25) is 0 Å². The Bertz CT molecular complexity index is 834. The fourth-order valence-corrected chi connectivity index (χ4v) is 3.60. The quantitative estimate of drug-likeness (QED) is 0.0888. The van der Waals surface area contributed by atoms with Crippen LogP contribution in [0.5, 0.6) is 5.75 Å². The van der Waals surface area contributed by atoms with Crippen LogP contribution in [0.15, 0.2) is 30.3 Å². The zero-order valence-electron chi connectivity index (χ0n) is 25.7. The van der Waals surface area contributed by atoms with Gasteiger partial charge in [-0.1, -0.05) is 66.7 Å². The van der Waals surface area contributed by atoms with Crippen molar-refractivity contribution in [2.75, 3.05) is 26.9 Å². The normalized spacial score (nSPS) is 13.1. The van der Waals surface area contributed by atoms with E-state index in [4.69, 9.17) is 9.47 Å². The maximum absolute atomic E-state index is 12.8. The van der Waals surface area contributed by atoms with Crippen molar-refractivity contribution < 1.29 is 32.6 Å². The van der Waals surface area contributed by atoms with Crippen LogP contribution in [0.3, 0.4) is 0 Å². The molecular formula is C32H52F2O5. The maximum Gasteiger partial charge on any atom is 0.309 e. The molecule has 39 heavy (non-hydrogen) atoms. The number of benzene rings is 1. The Morgan fingerprint density at radius 2 is 1.49 bits per heavy atom. The van der Waals surface area contributed by atoms with Crippen LogP contribution in [0, 0.1) is 22.7 Å². The molecule has 1 aromatic rings. The average Bonchev–Trinajstić information content (AvgIpc) is 2.82. The number of halogens is 2. The minimum Gasteiger partial charge on any atom is -0.494 e. The number of aldehydes is 1. The smallest absolute Gasteiger partial charge is 0.309 e. The van der Waals surface area contributed by atoms with Crippen LogP contribution in [0.25, 0.3) is 6.08 Å². The number of unbranched alkanes of at least 4 members (excludes halogenated alkanes) is 3. The summed E-state index contributed by atoms with van der Waals surface area (Å²) in [6.07, 6.45) is 8.76. The third-order valence-corrected chi connectivity index (χ3v) is 6.82. The molecule has 224 valence electrons. The van der Waals surface area contributed by atoms with Crippen LogP contribution in [0.4, 0.5) is 8.78 Å². The van der Waals surface area contributed by atoms with Crippen LogP contribution in [-0.2, 0) is 19.1 Å². The van der Waals surface area contributed by atoms with Gasteiger partial charge in [-0.05, 0) is 72.6 Å². The number of alkyl halides is 2. The first-order valence-corrected chi connectivity index (χ1v) is 13.9. The molecule has 1 aromatic carbocycles. The molecule has 0 aliphatic rings. The van der Waals surface area contributed by atoms with Gasteiger partial charge < -0.3 is 14.2 Å². The fourth-order valence-electron chi connectivity index (χ4n) is 3.60. The molecule has 0 bridgehead atoms. The van der Waals surface area contributed by atoms with Crippen molar-refractivity contribution >= 4 is 18.3 Å². The number of carbonyl (C=O) groups is 2. The van der Waals surface area contributed by atoms with Gasteiger partial charge in [0, 0.05) is 14.0 Å². The first-order chi connectivity index (χ1) is 18.0. The first-order valence-electron chi connectivity index (χ1n) is 13.9. The van der Waals surface area contributed by atoms with E-state index in [0.29, 0.717) is 19.1 Å². The third kappa shape index (κ3) is 17.8. The lowest BCUT2D eigenvalue weighted by molar-refractivity contribution is -0.154. The van der Waals surface area contributed by atoms with Gasteiger partial charge in [-0.3, -0.25) is 9.59 Å². The zero-order valence-corrected chi connectivity index (χ0v) is 25.7. The number of hydrogen-bond donors (Lipinski definition) is 0. The number of hydrogen-bond acceptors (Lipinski definition) is 5. The summed E-state index contributed by atoms with van der Waals surface area (Å²) >= 11 is 0. The zero-order chi connectivity index (χ0) is 30.1. The Balaban J connectivity index is 0.00000181. The summed E-state index contributed by atoms with van der Waals surface area (Å²) in [6.45, 7) is 16.8. The highest BCUT2D eigenvalue weighted by Crippen LogP contribution is 2.40. The second-order valence-electron chi connectivity index (χ2n) is 12.3. The lowest BCUT2D eigenvalue weighted by atomic mass is 9.67. The number of methoxy groups -OCH3 is 1. The second kappa shape index (κ2) is 18.1. The van der Waals surface area contributed by atoms with Gasteiger partial charge in [0.25, 0.3) is 5.92 Å². The lowest BCUT2D eigenvalue weighted by Gasteiger charge is -2.38. The summed E-state index contributed by atoms with van der Waals surface area (Å²) in [7, 11) is 1.25. The molecule has 1 atom stereocenters. The minimum absolute atomic E-state index is 0.0546. The molecule has 0 aromatic heterocycles. The highest BCUT2D eigenvalue weighted by atomic mass is 19.3.